The molecule has 0 N–H and O–H groups in total. The number of thiazole rings is 1. The first kappa shape index (κ1) is 23.4. The number of alkyl halides is 3. The molecule has 12 heteroatoms. The number of halogens is 4. The molecule has 0 saturated heterocycles. The van der Waals surface area contributed by atoms with E-state index in [0.29, 0.717) is 22.0 Å². The third-order valence-corrected chi connectivity index (χ3v) is 5.58. The van der Waals surface area contributed by atoms with Crippen molar-refractivity contribution in [2.45, 2.75) is 26.3 Å². The minimum Gasteiger partial charge on any atom is -0.486 e. The molecule has 0 aliphatic heterocycles. The highest BCUT2D eigenvalue weighted by Gasteiger charge is 2.30. The number of hydrogen-bond donors (Lipinski definition) is 0. The van der Waals surface area contributed by atoms with Crippen LogP contribution in [-0.2, 0) is 24.1 Å². The van der Waals surface area contributed by atoms with Gasteiger partial charge in [-0.1, -0.05) is 17.3 Å². The highest BCUT2D eigenvalue weighted by atomic mass is 32.1. The molecule has 2 aromatic carbocycles. The van der Waals surface area contributed by atoms with Crippen LogP contribution in [0.15, 0.2) is 53.1 Å². The average Bonchev–Trinajstić information content (AvgIpc) is 3.43. The van der Waals surface area contributed by atoms with Gasteiger partial charge < -0.3 is 14.0 Å². The van der Waals surface area contributed by atoms with Crippen molar-refractivity contribution in [3.63, 3.8) is 0 Å². The van der Waals surface area contributed by atoms with Crippen LogP contribution < -0.4 is 4.74 Å². The number of aromatic nitrogens is 3. The van der Waals surface area contributed by atoms with E-state index >= 15 is 0 Å². The molecule has 34 heavy (non-hydrogen) atoms. The predicted octanol–water partition coefficient (Wildman–Crippen LogP) is 5.60. The molecule has 4 rings (SSSR count). The molecule has 0 aliphatic carbocycles. The Hall–Kier alpha value is -3.80. The third kappa shape index (κ3) is 5.57. The summed E-state index contributed by atoms with van der Waals surface area (Å²) in [4.78, 5) is 21.0. The van der Waals surface area contributed by atoms with Gasteiger partial charge in [-0.25, -0.2) is 14.2 Å². The zero-order valence-corrected chi connectivity index (χ0v) is 18.2. The van der Waals surface area contributed by atoms with Crippen molar-refractivity contribution in [2.75, 3.05) is 0 Å². The lowest BCUT2D eigenvalue weighted by Crippen LogP contribution is -2.05. The number of ether oxygens (including phenoxy) is 2. The molecule has 0 unspecified atom stereocenters. The van der Waals surface area contributed by atoms with Gasteiger partial charge in [0, 0.05) is 5.56 Å². The van der Waals surface area contributed by atoms with Gasteiger partial charge in [0.05, 0.1) is 11.3 Å². The summed E-state index contributed by atoms with van der Waals surface area (Å²) in [6.45, 7) is 1.40. The van der Waals surface area contributed by atoms with Crippen molar-refractivity contribution in [1.82, 2.24) is 15.1 Å². The lowest BCUT2D eigenvalue weighted by molar-refractivity contribution is -0.137. The van der Waals surface area contributed by atoms with Crippen molar-refractivity contribution in [2.24, 2.45) is 0 Å². The number of carbonyl (C=O) groups is 1. The quantitative estimate of drug-likeness (QED) is 0.245. The Bertz CT molecular complexity index is 1280. The van der Waals surface area contributed by atoms with Crippen LogP contribution in [0, 0.1) is 12.7 Å². The molecule has 2 heterocycles. The van der Waals surface area contributed by atoms with Crippen molar-refractivity contribution in [3.8, 4) is 17.1 Å². The van der Waals surface area contributed by atoms with Crippen LogP contribution >= 0.6 is 11.3 Å². The number of nitrogens with zero attached hydrogens (tertiary/aromatic N) is 3. The molecule has 0 atom stereocenters. The van der Waals surface area contributed by atoms with Gasteiger partial charge in [-0.05, 0) is 43.3 Å². The van der Waals surface area contributed by atoms with E-state index in [9.17, 15) is 22.4 Å². The van der Waals surface area contributed by atoms with Crippen LogP contribution in [0.5, 0.6) is 5.75 Å². The first-order valence-corrected chi connectivity index (χ1v) is 10.5. The van der Waals surface area contributed by atoms with Crippen LogP contribution in [0.2, 0.25) is 0 Å². The van der Waals surface area contributed by atoms with E-state index in [0.717, 1.165) is 23.5 Å². The van der Waals surface area contributed by atoms with Crippen LogP contribution in [-0.4, -0.2) is 21.1 Å². The number of esters is 1. The summed E-state index contributed by atoms with van der Waals surface area (Å²) in [6, 6.07) is 9.77. The van der Waals surface area contributed by atoms with E-state index < -0.39 is 17.7 Å². The Kier molecular flexibility index (Phi) is 6.59. The number of hydrogen-bond acceptors (Lipinski definition) is 8. The average molecular weight is 493 g/mol. The maximum atomic E-state index is 13.0. The van der Waals surface area contributed by atoms with E-state index in [1.807, 2.05) is 0 Å². The minimum atomic E-state index is -4.45. The molecule has 0 amide bonds. The summed E-state index contributed by atoms with van der Waals surface area (Å²) in [5.74, 6) is -0.537. The van der Waals surface area contributed by atoms with Crippen molar-refractivity contribution >= 4 is 17.3 Å². The van der Waals surface area contributed by atoms with Gasteiger partial charge >= 0.3 is 12.1 Å². The molecule has 2 aromatic heterocycles. The molecule has 0 aliphatic rings. The Morgan fingerprint density at radius 2 is 1.74 bits per heavy atom. The van der Waals surface area contributed by atoms with Crippen molar-refractivity contribution in [1.29, 1.82) is 0 Å². The highest BCUT2D eigenvalue weighted by molar-refractivity contribution is 7.13. The van der Waals surface area contributed by atoms with Crippen LogP contribution in [0.25, 0.3) is 11.4 Å². The van der Waals surface area contributed by atoms with Gasteiger partial charge in [0.25, 0.3) is 5.89 Å². The maximum absolute atomic E-state index is 13.0. The summed E-state index contributed by atoms with van der Waals surface area (Å²) in [5, 5.41) is 4.23. The minimum absolute atomic E-state index is 0.0229. The molecule has 0 saturated carbocycles. The number of rotatable bonds is 7. The van der Waals surface area contributed by atoms with Gasteiger partial charge in [-0.3, -0.25) is 0 Å². The SMILES string of the molecule is Cc1nc(COc2ccc(F)cc2)sc1C(=O)OCc1nc(-c2ccc(C(F)(F)F)cc2)no1. The van der Waals surface area contributed by atoms with Crippen LogP contribution in [0.4, 0.5) is 17.6 Å². The maximum Gasteiger partial charge on any atom is 0.416 e. The second-order valence-corrected chi connectivity index (χ2v) is 8.01. The molecule has 0 spiro atoms. The standard InChI is InChI=1S/C22H15F4N3O4S/c1-12-19(34-18(27-12)11-31-16-8-6-15(23)7-9-16)21(30)32-10-17-28-20(29-33-17)13-2-4-14(5-3-13)22(24,25)26/h2-9H,10-11H2,1H3. The third-order valence-electron chi connectivity index (χ3n) is 4.47. The highest BCUT2D eigenvalue weighted by Crippen LogP contribution is 2.30. The molecule has 7 nitrogen and oxygen atoms in total. The summed E-state index contributed by atoms with van der Waals surface area (Å²) >= 11 is 1.09. The van der Waals surface area contributed by atoms with E-state index in [1.54, 1.807) is 6.92 Å². The number of carbonyl (C=O) groups excluding carboxylic acids is 1. The summed E-state index contributed by atoms with van der Waals surface area (Å²) in [5.41, 5.74) is -0.0293. The van der Waals surface area contributed by atoms with E-state index in [4.69, 9.17) is 14.0 Å². The molecule has 0 radical (unpaired) electrons. The summed E-state index contributed by atoms with van der Waals surface area (Å²) in [7, 11) is 0. The molecule has 0 fully saturated rings. The van der Waals surface area contributed by atoms with E-state index in [2.05, 4.69) is 15.1 Å². The molecule has 0 bridgehead atoms. The topological polar surface area (TPSA) is 87.3 Å². The number of aryl methyl sites for hydroxylation is 1. The fraction of sp³-hybridized carbons (Fsp3) is 0.182. The lowest BCUT2D eigenvalue weighted by atomic mass is 10.1. The van der Waals surface area contributed by atoms with Gasteiger partial charge in [0.2, 0.25) is 5.82 Å². The Morgan fingerprint density at radius 3 is 2.41 bits per heavy atom. The first-order valence-electron chi connectivity index (χ1n) is 9.71. The van der Waals surface area contributed by atoms with Gasteiger partial charge in [-0.15, -0.1) is 11.3 Å². The zero-order chi connectivity index (χ0) is 24.3. The number of benzene rings is 2. The fourth-order valence-corrected chi connectivity index (χ4v) is 3.68. The lowest BCUT2D eigenvalue weighted by Gasteiger charge is -2.05. The predicted molar refractivity (Wildman–Crippen MR) is 111 cm³/mol. The summed E-state index contributed by atoms with van der Waals surface area (Å²) < 4.78 is 66.8. The molecular formula is C22H15F4N3O4S. The molecule has 176 valence electrons. The fourth-order valence-electron chi connectivity index (χ4n) is 2.81. The zero-order valence-electron chi connectivity index (χ0n) is 17.4. The summed E-state index contributed by atoms with van der Waals surface area (Å²) in [6.07, 6.45) is -4.45. The van der Waals surface area contributed by atoms with Gasteiger partial charge in [0.1, 0.15) is 28.1 Å². The Morgan fingerprint density at radius 1 is 1.03 bits per heavy atom. The normalized spacial score (nSPS) is 11.4. The Labute approximate surface area is 194 Å². The van der Waals surface area contributed by atoms with Crippen LogP contribution in [0.1, 0.15) is 31.8 Å². The van der Waals surface area contributed by atoms with Gasteiger partial charge in [-0.2, -0.15) is 18.2 Å². The molecular weight excluding hydrogens is 478 g/mol. The Balaban J connectivity index is 1.34. The van der Waals surface area contributed by atoms with Crippen molar-refractivity contribution < 1.29 is 36.4 Å². The second kappa shape index (κ2) is 9.59. The van der Waals surface area contributed by atoms with E-state index in [1.165, 1.54) is 36.4 Å². The smallest absolute Gasteiger partial charge is 0.416 e. The van der Waals surface area contributed by atoms with E-state index in [-0.39, 0.29) is 35.6 Å². The first-order chi connectivity index (χ1) is 16.2. The monoisotopic (exact) mass is 493 g/mol. The largest absolute Gasteiger partial charge is 0.486 e. The van der Waals surface area contributed by atoms with Crippen molar-refractivity contribution in [3.05, 3.63) is 81.4 Å². The van der Waals surface area contributed by atoms with Crippen LogP contribution in [0.3, 0.4) is 0 Å². The molecule has 4 aromatic rings. The van der Waals surface area contributed by atoms with Gasteiger partial charge in [0.15, 0.2) is 6.61 Å². The second-order valence-electron chi connectivity index (χ2n) is 6.93.